The van der Waals surface area contributed by atoms with E-state index in [1.165, 1.54) is 10.3 Å². The van der Waals surface area contributed by atoms with E-state index >= 15 is 0 Å². The van der Waals surface area contributed by atoms with Gasteiger partial charge in [0.2, 0.25) is 5.91 Å². The molecule has 0 bridgehead atoms. The molecule has 1 N–H and O–H groups in total. The number of hydrogen-bond acceptors (Lipinski definition) is 4. The molecule has 0 spiro atoms. The van der Waals surface area contributed by atoms with Gasteiger partial charge in [0.05, 0.1) is 15.2 Å². The van der Waals surface area contributed by atoms with Crippen LogP contribution in [-0.2, 0) is 16.0 Å². The fourth-order valence-electron chi connectivity index (χ4n) is 3.08. The maximum absolute atomic E-state index is 12.3. The first-order valence-corrected chi connectivity index (χ1v) is 9.41. The molecular weight excluding hydrogens is 332 g/mol. The Labute approximate surface area is 150 Å². The lowest BCUT2D eigenvalue weighted by Gasteiger charge is -2.21. The molecule has 2 heterocycles. The van der Waals surface area contributed by atoms with Crippen molar-refractivity contribution >= 4 is 33.1 Å². The number of carbonyl (C=O) groups excluding carboxylic acids is 1. The Morgan fingerprint density at radius 3 is 2.64 bits per heavy atom. The number of hydrogen-bond donors (Lipinski definition) is 1. The summed E-state index contributed by atoms with van der Waals surface area (Å²) in [4.78, 5) is 16.9. The standard InChI is InChI=1S/C20H20N2O2S/c23-20(15-9-11-24-12-10-15)21-16-7-5-14(6-8-16)13-19-22-17-3-1-2-4-18(17)25-19/h1-8,15H,9-13H2,(H,21,23). The summed E-state index contributed by atoms with van der Waals surface area (Å²) in [5, 5.41) is 4.13. The van der Waals surface area contributed by atoms with Crippen LogP contribution in [0.2, 0.25) is 0 Å². The molecule has 1 saturated heterocycles. The van der Waals surface area contributed by atoms with Crippen LogP contribution in [0.4, 0.5) is 5.69 Å². The second kappa shape index (κ2) is 7.33. The molecule has 128 valence electrons. The minimum absolute atomic E-state index is 0.0659. The van der Waals surface area contributed by atoms with Crippen molar-refractivity contribution in [3.05, 3.63) is 59.1 Å². The fraction of sp³-hybridized carbons (Fsp3) is 0.300. The van der Waals surface area contributed by atoms with E-state index in [0.29, 0.717) is 13.2 Å². The summed E-state index contributed by atoms with van der Waals surface area (Å²) in [6.07, 6.45) is 2.43. The summed E-state index contributed by atoms with van der Waals surface area (Å²) in [6, 6.07) is 16.3. The van der Waals surface area contributed by atoms with Gasteiger partial charge < -0.3 is 10.1 Å². The van der Waals surface area contributed by atoms with Crippen molar-refractivity contribution < 1.29 is 9.53 Å². The average Bonchev–Trinajstić information content (AvgIpc) is 3.06. The second-order valence-electron chi connectivity index (χ2n) is 6.32. The highest BCUT2D eigenvalue weighted by Crippen LogP contribution is 2.24. The number of amides is 1. The molecule has 1 fully saturated rings. The van der Waals surface area contributed by atoms with Gasteiger partial charge in [0.1, 0.15) is 0 Å². The lowest BCUT2D eigenvalue weighted by atomic mass is 9.99. The second-order valence-corrected chi connectivity index (χ2v) is 7.44. The van der Waals surface area contributed by atoms with E-state index in [2.05, 4.69) is 28.5 Å². The van der Waals surface area contributed by atoms with Gasteiger partial charge in [-0.05, 0) is 42.7 Å². The summed E-state index contributed by atoms with van der Waals surface area (Å²) >= 11 is 1.73. The fourth-order valence-corrected chi connectivity index (χ4v) is 4.08. The zero-order chi connectivity index (χ0) is 17.1. The smallest absolute Gasteiger partial charge is 0.227 e. The summed E-state index contributed by atoms with van der Waals surface area (Å²) in [7, 11) is 0. The lowest BCUT2D eigenvalue weighted by Crippen LogP contribution is -2.28. The van der Waals surface area contributed by atoms with Crippen LogP contribution in [0, 0.1) is 5.92 Å². The summed E-state index contributed by atoms with van der Waals surface area (Å²) in [6.45, 7) is 1.36. The number of benzene rings is 2. The SMILES string of the molecule is O=C(Nc1ccc(Cc2nc3ccccc3s2)cc1)C1CCOCC1. The quantitative estimate of drug-likeness (QED) is 0.763. The number of thiazole rings is 1. The monoisotopic (exact) mass is 352 g/mol. The van der Waals surface area contributed by atoms with Crippen molar-refractivity contribution in [2.75, 3.05) is 18.5 Å². The number of fused-ring (bicyclic) bond motifs is 1. The topological polar surface area (TPSA) is 51.2 Å². The largest absolute Gasteiger partial charge is 0.381 e. The number of rotatable bonds is 4. The van der Waals surface area contributed by atoms with Crippen molar-refractivity contribution in [2.45, 2.75) is 19.3 Å². The normalized spacial score (nSPS) is 15.4. The molecule has 0 radical (unpaired) electrons. The number of ether oxygens (including phenoxy) is 1. The molecule has 1 aromatic heterocycles. The molecule has 3 aromatic rings. The number of para-hydroxylation sites is 1. The van der Waals surface area contributed by atoms with Gasteiger partial charge in [-0.3, -0.25) is 4.79 Å². The minimum atomic E-state index is 0.0659. The van der Waals surface area contributed by atoms with Crippen LogP contribution < -0.4 is 5.32 Å². The van der Waals surface area contributed by atoms with Gasteiger partial charge in [-0.1, -0.05) is 24.3 Å². The van der Waals surface area contributed by atoms with Gasteiger partial charge in [0.15, 0.2) is 0 Å². The first-order chi connectivity index (χ1) is 12.3. The van der Waals surface area contributed by atoms with E-state index in [4.69, 9.17) is 4.74 Å². The van der Waals surface area contributed by atoms with Gasteiger partial charge in [-0.15, -0.1) is 11.3 Å². The predicted octanol–water partition coefficient (Wildman–Crippen LogP) is 4.25. The zero-order valence-electron chi connectivity index (χ0n) is 13.9. The van der Waals surface area contributed by atoms with E-state index in [1.807, 2.05) is 30.3 Å². The van der Waals surface area contributed by atoms with Crippen LogP contribution in [0.25, 0.3) is 10.2 Å². The molecule has 4 rings (SSSR count). The van der Waals surface area contributed by atoms with Crippen molar-refractivity contribution in [2.24, 2.45) is 5.92 Å². The third-order valence-electron chi connectivity index (χ3n) is 4.51. The Bertz CT molecular complexity index is 834. The Kier molecular flexibility index (Phi) is 4.76. The van der Waals surface area contributed by atoms with E-state index in [0.717, 1.165) is 35.5 Å². The van der Waals surface area contributed by atoms with Crippen LogP contribution in [0.5, 0.6) is 0 Å². The molecule has 2 aromatic carbocycles. The minimum Gasteiger partial charge on any atom is -0.381 e. The van der Waals surface area contributed by atoms with Crippen molar-refractivity contribution in [1.82, 2.24) is 4.98 Å². The first-order valence-electron chi connectivity index (χ1n) is 8.60. The zero-order valence-corrected chi connectivity index (χ0v) is 14.7. The van der Waals surface area contributed by atoms with E-state index in [-0.39, 0.29) is 11.8 Å². The Morgan fingerprint density at radius 2 is 1.88 bits per heavy atom. The molecule has 1 aliphatic rings. The summed E-state index contributed by atoms with van der Waals surface area (Å²) in [5.41, 5.74) is 3.11. The van der Waals surface area contributed by atoms with Gasteiger partial charge >= 0.3 is 0 Å². The van der Waals surface area contributed by atoms with Gasteiger partial charge in [0, 0.05) is 31.2 Å². The number of aromatic nitrogens is 1. The highest BCUT2D eigenvalue weighted by molar-refractivity contribution is 7.18. The first kappa shape index (κ1) is 16.2. The summed E-state index contributed by atoms with van der Waals surface area (Å²) in [5.74, 6) is 0.165. The van der Waals surface area contributed by atoms with E-state index in [9.17, 15) is 4.79 Å². The maximum atomic E-state index is 12.3. The van der Waals surface area contributed by atoms with Crippen LogP contribution in [0.1, 0.15) is 23.4 Å². The molecule has 25 heavy (non-hydrogen) atoms. The Hall–Kier alpha value is -2.24. The van der Waals surface area contributed by atoms with Gasteiger partial charge in [-0.2, -0.15) is 0 Å². The Morgan fingerprint density at radius 1 is 1.12 bits per heavy atom. The molecular formula is C20H20N2O2S. The third kappa shape index (κ3) is 3.89. The van der Waals surface area contributed by atoms with Crippen LogP contribution in [-0.4, -0.2) is 24.1 Å². The molecule has 0 unspecified atom stereocenters. The van der Waals surface area contributed by atoms with Gasteiger partial charge in [0.25, 0.3) is 0 Å². The molecule has 0 aliphatic carbocycles. The molecule has 1 aliphatic heterocycles. The van der Waals surface area contributed by atoms with E-state index in [1.54, 1.807) is 11.3 Å². The molecule has 0 atom stereocenters. The van der Waals surface area contributed by atoms with Crippen molar-refractivity contribution in [1.29, 1.82) is 0 Å². The number of nitrogens with zero attached hydrogens (tertiary/aromatic N) is 1. The summed E-state index contributed by atoms with van der Waals surface area (Å²) < 4.78 is 6.53. The number of anilines is 1. The van der Waals surface area contributed by atoms with Crippen LogP contribution in [0.15, 0.2) is 48.5 Å². The highest BCUT2D eigenvalue weighted by atomic mass is 32.1. The van der Waals surface area contributed by atoms with Gasteiger partial charge in [-0.25, -0.2) is 4.98 Å². The van der Waals surface area contributed by atoms with Crippen molar-refractivity contribution in [3.8, 4) is 0 Å². The molecule has 0 saturated carbocycles. The highest BCUT2D eigenvalue weighted by Gasteiger charge is 2.21. The van der Waals surface area contributed by atoms with Crippen LogP contribution in [0.3, 0.4) is 0 Å². The Balaban J connectivity index is 1.40. The average molecular weight is 352 g/mol. The number of nitrogens with one attached hydrogen (secondary N) is 1. The van der Waals surface area contributed by atoms with E-state index < -0.39 is 0 Å². The molecule has 5 heteroatoms. The maximum Gasteiger partial charge on any atom is 0.227 e. The van der Waals surface area contributed by atoms with Crippen LogP contribution >= 0.6 is 11.3 Å². The third-order valence-corrected chi connectivity index (χ3v) is 5.54. The number of carbonyl (C=O) groups is 1. The van der Waals surface area contributed by atoms with Crippen molar-refractivity contribution in [3.63, 3.8) is 0 Å². The molecule has 4 nitrogen and oxygen atoms in total. The lowest BCUT2D eigenvalue weighted by molar-refractivity contribution is -0.122. The molecule has 1 amide bonds. The predicted molar refractivity (Wildman–Crippen MR) is 101 cm³/mol.